The predicted molar refractivity (Wildman–Crippen MR) is 114 cm³/mol. The van der Waals surface area contributed by atoms with Crippen molar-refractivity contribution in [3.05, 3.63) is 42.0 Å². The van der Waals surface area contributed by atoms with Crippen LogP contribution in [0.5, 0.6) is 0 Å². The van der Waals surface area contributed by atoms with E-state index in [1.54, 1.807) is 6.92 Å². The monoisotopic (exact) mass is 470 g/mol. The van der Waals surface area contributed by atoms with E-state index < -0.39 is 0 Å². The lowest BCUT2D eigenvalue weighted by Crippen LogP contribution is -2.44. The van der Waals surface area contributed by atoms with Crippen LogP contribution >= 0.6 is 24.0 Å². The molecule has 0 spiro atoms. The fourth-order valence-corrected chi connectivity index (χ4v) is 3.18. The van der Waals surface area contributed by atoms with E-state index in [1.165, 1.54) is 5.69 Å². The van der Waals surface area contributed by atoms with Gasteiger partial charge in [-0.15, -0.1) is 24.0 Å². The predicted octanol–water partition coefficient (Wildman–Crippen LogP) is 2.72. The van der Waals surface area contributed by atoms with Crippen LogP contribution in [0.3, 0.4) is 0 Å². The highest BCUT2D eigenvalue weighted by atomic mass is 127. The van der Waals surface area contributed by atoms with Gasteiger partial charge >= 0.3 is 0 Å². The first-order valence-electron chi connectivity index (χ1n) is 8.81. The summed E-state index contributed by atoms with van der Waals surface area (Å²) in [7, 11) is 0. The van der Waals surface area contributed by atoms with Crippen LogP contribution in [0, 0.1) is 6.92 Å². The van der Waals surface area contributed by atoms with E-state index in [2.05, 4.69) is 74.8 Å². The number of anilines is 1. The number of nitrogens with zero attached hydrogens (tertiary/aromatic N) is 4. The number of guanidine groups is 1. The van der Waals surface area contributed by atoms with Crippen LogP contribution in [-0.2, 0) is 6.54 Å². The minimum Gasteiger partial charge on any atom is -0.367 e. The number of aromatic nitrogens is 2. The lowest BCUT2D eigenvalue weighted by molar-refractivity contribution is 0.387. The number of hydrogen-bond acceptors (Lipinski definition) is 5. The lowest BCUT2D eigenvalue weighted by Gasteiger charge is -2.23. The molecule has 8 heteroatoms. The molecule has 1 aliphatic heterocycles. The number of nitrogens with one attached hydrogen (secondary N) is 2. The molecule has 1 aliphatic rings. The van der Waals surface area contributed by atoms with Crippen molar-refractivity contribution in [2.75, 3.05) is 18.0 Å². The third-order valence-electron chi connectivity index (χ3n) is 4.30. The van der Waals surface area contributed by atoms with Gasteiger partial charge in [0.15, 0.2) is 11.8 Å². The molecule has 3 rings (SSSR count). The van der Waals surface area contributed by atoms with Gasteiger partial charge in [-0.25, -0.2) is 4.99 Å². The fourth-order valence-electron chi connectivity index (χ4n) is 3.18. The molecule has 2 atom stereocenters. The maximum atomic E-state index is 4.99. The average Bonchev–Trinajstić information content (AvgIpc) is 3.19. The minimum absolute atomic E-state index is 0. The number of benzene rings is 1. The molecule has 0 radical (unpaired) electrons. The van der Waals surface area contributed by atoms with E-state index in [0.29, 0.717) is 30.3 Å². The van der Waals surface area contributed by atoms with E-state index in [4.69, 9.17) is 4.52 Å². The Bertz CT molecular complexity index is 705. The highest BCUT2D eigenvalue weighted by molar-refractivity contribution is 14.0. The molecule has 2 heterocycles. The third-order valence-corrected chi connectivity index (χ3v) is 4.30. The maximum Gasteiger partial charge on any atom is 0.223 e. The van der Waals surface area contributed by atoms with Crippen molar-refractivity contribution in [1.82, 2.24) is 20.8 Å². The topological polar surface area (TPSA) is 78.6 Å². The summed E-state index contributed by atoms with van der Waals surface area (Å²) >= 11 is 0. The molecule has 0 saturated carbocycles. The summed E-state index contributed by atoms with van der Waals surface area (Å²) in [6, 6.07) is 11.4. The van der Waals surface area contributed by atoms with Gasteiger partial charge in [0.05, 0.1) is 0 Å². The van der Waals surface area contributed by atoms with Crippen LogP contribution in [0.25, 0.3) is 0 Å². The molecule has 2 N–H and O–H groups in total. The second-order valence-electron chi connectivity index (χ2n) is 6.34. The first-order valence-corrected chi connectivity index (χ1v) is 8.81. The highest BCUT2D eigenvalue weighted by Crippen LogP contribution is 2.25. The van der Waals surface area contributed by atoms with Crippen molar-refractivity contribution >= 4 is 35.6 Å². The van der Waals surface area contributed by atoms with Gasteiger partial charge in [0.25, 0.3) is 0 Å². The molecule has 1 aromatic heterocycles. The van der Waals surface area contributed by atoms with Crippen molar-refractivity contribution in [2.24, 2.45) is 4.99 Å². The number of aliphatic imine (C=N–C) groups is 1. The van der Waals surface area contributed by atoms with Gasteiger partial charge in [-0.05, 0) is 32.4 Å². The van der Waals surface area contributed by atoms with E-state index in [9.17, 15) is 0 Å². The molecule has 0 aliphatic carbocycles. The molecule has 7 nitrogen and oxygen atoms in total. The Labute approximate surface area is 171 Å². The van der Waals surface area contributed by atoms with Crippen LogP contribution in [0.4, 0.5) is 5.69 Å². The van der Waals surface area contributed by atoms with Crippen LogP contribution in [0.2, 0.25) is 0 Å². The summed E-state index contributed by atoms with van der Waals surface area (Å²) in [6.45, 7) is 8.27. The minimum atomic E-state index is 0. The SMILES string of the molecule is CCNC(=NCc1noc(C)n1)NC1CC(C)N(c2ccccc2)C1.I. The molecular formula is C18H27IN6O. The van der Waals surface area contributed by atoms with Gasteiger partial charge in [0, 0.05) is 37.8 Å². The Balaban J connectivity index is 0.00000243. The lowest BCUT2D eigenvalue weighted by atomic mass is 10.2. The van der Waals surface area contributed by atoms with E-state index in [1.807, 2.05) is 0 Å². The quantitative estimate of drug-likeness (QED) is 0.398. The van der Waals surface area contributed by atoms with Crippen LogP contribution in [-0.4, -0.2) is 41.3 Å². The van der Waals surface area contributed by atoms with Crippen LogP contribution in [0.15, 0.2) is 39.8 Å². The summed E-state index contributed by atoms with van der Waals surface area (Å²) in [5.74, 6) is 1.95. The Kier molecular flexibility index (Phi) is 7.67. The van der Waals surface area contributed by atoms with Crippen LogP contribution < -0.4 is 15.5 Å². The van der Waals surface area contributed by atoms with Crippen molar-refractivity contribution in [2.45, 2.75) is 45.8 Å². The summed E-state index contributed by atoms with van der Waals surface area (Å²) < 4.78 is 4.99. The van der Waals surface area contributed by atoms with Gasteiger partial charge in [-0.1, -0.05) is 23.4 Å². The molecule has 0 amide bonds. The zero-order valence-electron chi connectivity index (χ0n) is 15.5. The largest absolute Gasteiger partial charge is 0.367 e. The molecule has 1 saturated heterocycles. The molecule has 2 aromatic rings. The van der Waals surface area contributed by atoms with E-state index in [-0.39, 0.29) is 24.0 Å². The number of para-hydroxylation sites is 1. The van der Waals surface area contributed by atoms with Crippen molar-refractivity contribution in [1.29, 1.82) is 0 Å². The van der Waals surface area contributed by atoms with Crippen molar-refractivity contribution in [3.63, 3.8) is 0 Å². The second kappa shape index (κ2) is 9.75. The normalized spacial score (nSPS) is 20.0. The molecule has 26 heavy (non-hydrogen) atoms. The van der Waals surface area contributed by atoms with Gasteiger partial charge in [0.1, 0.15) is 6.54 Å². The summed E-state index contributed by atoms with van der Waals surface area (Å²) in [6.07, 6.45) is 1.07. The molecular weight excluding hydrogens is 443 g/mol. The molecule has 2 unspecified atom stereocenters. The Hall–Kier alpha value is -1.84. The smallest absolute Gasteiger partial charge is 0.223 e. The Morgan fingerprint density at radius 2 is 2.12 bits per heavy atom. The number of hydrogen-bond donors (Lipinski definition) is 2. The Morgan fingerprint density at radius 3 is 2.77 bits per heavy atom. The van der Waals surface area contributed by atoms with Gasteiger partial charge in [-0.2, -0.15) is 4.98 Å². The highest BCUT2D eigenvalue weighted by Gasteiger charge is 2.29. The van der Waals surface area contributed by atoms with E-state index in [0.717, 1.165) is 25.5 Å². The zero-order valence-corrected chi connectivity index (χ0v) is 17.8. The first kappa shape index (κ1) is 20.5. The van der Waals surface area contributed by atoms with Gasteiger partial charge < -0.3 is 20.1 Å². The van der Waals surface area contributed by atoms with Gasteiger partial charge in [0.2, 0.25) is 5.89 Å². The van der Waals surface area contributed by atoms with Crippen molar-refractivity contribution in [3.8, 4) is 0 Å². The maximum absolute atomic E-state index is 4.99. The molecule has 0 bridgehead atoms. The summed E-state index contributed by atoms with van der Waals surface area (Å²) in [4.78, 5) is 11.2. The zero-order chi connectivity index (χ0) is 17.6. The number of halogens is 1. The van der Waals surface area contributed by atoms with E-state index >= 15 is 0 Å². The van der Waals surface area contributed by atoms with Crippen molar-refractivity contribution < 1.29 is 4.52 Å². The summed E-state index contributed by atoms with van der Waals surface area (Å²) in [5, 5.41) is 10.7. The molecule has 1 fully saturated rings. The van der Waals surface area contributed by atoms with Gasteiger partial charge in [-0.3, -0.25) is 0 Å². The fraction of sp³-hybridized carbons (Fsp3) is 0.500. The summed E-state index contributed by atoms with van der Waals surface area (Å²) in [5.41, 5.74) is 1.27. The number of aryl methyl sites for hydroxylation is 1. The van der Waals surface area contributed by atoms with Crippen LogP contribution in [0.1, 0.15) is 32.0 Å². The molecule has 142 valence electrons. The average molecular weight is 470 g/mol. The second-order valence-corrected chi connectivity index (χ2v) is 6.34. The first-order chi connectivity index (χ1) is 12.2. The molecule has 1 aromatic carbocycles. The Morgan fingerprint density at radius 1 is 1.35 bits per heavy atom. The number of rotatable bonds is 5. The third kappa shape index (κ3) is 5.33. The standard InChI is InChI=1S/C18H26N6O.HI/c1-4-19-18(20-11-17-21-14(3)25-23-17)22-15-10-13(2)24(12-15)16-8-6-5-7-9-16;/h5-9,13,15H,4,10-12H2,1-3H3,(H2,19,20,22);1H.